The van der Waals surface area contributed by atoms with E-state index in [2.05, 4.69) is 44.4 Å². The molecule has 0 radical (unpaired) electrons. The maximum atomic E-state index is 6.89. The molecular weight excluding hydrogens is 260 g/mol. The van der Waals surface area contributed by atoms with E-state index in [-0.39, 0.29) is 6.04 Å². The molecule has 2 atom stereocenters. The Hall–Kier alpha value is -1.32. The van der Waals surface area contributed by atoms with Crippen LogP contribution in [0.5, 0.6) is 5.75 Å². The average molecular weight is 290 g/mol. The monoisotopic (exact) mass is 290 g/mol. The first-order valence-corrected chi connectivity index (χ1v) is 7.85. The van der Waals surface area contributed by atoms with Crippen molar-refractivity contribution >= 4 is 0 Å². The van der Waals surface area contributed by atoms with Gasteiger partial charge >= 0.3 is 0 Å². The van der Waals surface area contributed by atoms with Crippen molar-refractivity contribution in [3.05, 3.63) is 42.5 Å². The van der Waals surface area contributed by atoms with E-state index < -0.39 is 5.54 Å². The first-order valence-electron chi connectivity index (χ1n) is 7.85. The standard InChI is InChI=1S/C18H30N2O/c1-6-13-18(19,17(7-2)20(8-3)9-4)15-11-10-12-16(14-15)21-5/h6,10-12,14,17H,1,7-9,13,19H2,2-5H3. The Morgan fingerprint density at radius 1 is 1.33 bits per heavy atom. The number of hydrogen-bond donors (Lipinski definition) is 1. The van der Waals surface area contributed by atoms with Crippen molar-refractivity contribution < 1.29 is 4.74 Å². The zero-order valence-corrected chi connectivity index (χ0v) is 13.9. The normalized spacial score (nSPS) is 15.5. The van der Waals surface area contributed by atoms with Gasteiger partial charge in [0.05, 0.1) is 12.6 Å². The van der Waals surface area contributed by atoms with Gasteiger partial charge in [-0.05, 0) is 43.6 Å². The van der Waals surface area contributed by atoms with Gasteiger partial charge in [-0.1, -0.05) is 39.0 Å². The van der Waals surface area contributed by atoms with E-state index in [9.17, 15) is 0 Å². The topological polar surface area (TPSA) is 38.5 Å². The summed E-state index contributed by atoms with van der Waals surface area (Å²) in [5, 5.41) is 0. The minimum atomic E-state index is -0.447. The van der Waals surface area contributed by atoms with Crippen LogP contribution in [0.4, 0.5) is 0 Å². The van der Waals surface area contributed by atoms with Gasteiger partial charge in [0.25, 0.3) is 0 Å². The third kappa shape index (κ3) is 3.86. The fourth-order valence-corrected chi connectivity index (χ4v) is 3.21. The van der Waals surface area contributed by atoms with Crippen molar-refractivity contribution in [1.82, 2.24) is 4.90 Å². The van der Waals surface area contributed by atoms with Crippen molar-refractivity contribution in [2.24, 2.45) is 5.73 Å². The van der Waals surface area contributed by atoms with E-state index in [1.807, 2.05) is 18.2 Å². The molecule has 0 heterocycles. The Bertz CT molecular complexity index is 443. The Morgan fingerprint density at radius 3 is 2.48 bits per heavy atom. The quantitative estimate of drug-likeness (QED) is 0.707. The number of methoxy groups -OCH3 is 1. The van der Waals surface area contributed by atoms with Gasteiger partial charge in [-0.3, -0.25) is 4.90 Å². The lowest BCUT2D eigenvalue weighted by atomic mass is 9.78. The molecule has 1 rings (SSSR count). The van der Waals surface area contributed by atoms with Crippen LogP contribution in [-0.2, 0) is 5.54 Å². The zero-order chi connectivity index (χ0) is 15.9. The second kappa shape index (κ2) is 8.20. The lowest BCUT2D eigenvalue weighted by Crippen LogP contribution is -2.55. The summed E-state index contributed by atoms with van der Waals surface area (Å²) in [5.74, 6) is 0.848. The molecule has 0 amide bonds. The number of rotatable bonds is 9. The van der Waals surface area contributed by atoms with Crippen LogP contribution in [0.3, 0.4) is 0 Å². The Balaban J connectivity index is 3.29. The van der Waals surface area contributed by atoms with Gasteiger partial charge < -0.3 is 10.5 Å². The van der Waals surface area contributed by atoms with Crippen LogP contribution < -0.4 is 10.5 Å². The Kier molecular flexibility index (Phi) is 6.93. The molecule has 0 aliphatic carbocycles. The summed E-state index contributed by atoms with van der Waals surface area (Å²) in [6, 6.07) is 8.38. The van der Waals surface area contributed by atoms with E-state index >= 15 is 0 Å². The fourth-order valence-electron chi connectivity index (χ4n) is 3.21. The predicted molar refractivity (Wildman–Crippen MR) is 90.7 cm³/mol. The van der Waals surface area contributed by atoms with E-state index in [4.69, 9.17) is 10.5 Å². The molecule has 0 aliphatic rings. The minimum Gasteiger partial charge on any atom is -0.497 e. The highest BCUT2D eigenvalue weighted by atomic mass is 16.5. The Labute approximate surface area is 129 Å². The van der Waals surface area contributed by atoms with Crippen LogP contribution in [0, 0.1) is 0 Å². The molecule has 0 fully saturated rings. The summed E-state index contributed by atoms with van der Waals surface area (Å²) in [6.07, 6.45) is 3.67. The first kappa shape index (κ1) is 17.7. The van der Waals surface area contributed by atoms with Crippen LogP contribution in [0.15, 0.2) is 36.9 Å². The van der Waals surface area contributed by atoms with E-state index in [0.717, 1.165) is 37.2 Å². The molecule has 0 aliphatic heterocycles. The lowest BCUT2D eigenvalue weighted by Gasteiger charge is -2.43. The second-order valence-electron chi connectivity index (χ2n) is 5.41. The van der Waals surface area contributed by atoms with E-state index in [1.54, 1.807) is 7.11 Å². The zero-order valence-electron chi connectivity index (χ0n) is 13.9. The minimum absolute atomic E-state index is 0.276. The summed E-state index contributed by atoms with van der Waals surface area (Å²) < 4.78 is 5.36. The Morgan fingerprint density at radius 2 is 2.00 bits per heavy atom. The van der Waals surface area contributed by atoms with Crippen LogP contribution in [-0.4, -0.2) is 31.1 Å². The van der Waals surface area contributed by atoms with Crippen LogP contribution >= 0.6 is 0 Å². The van der Waals surface area contributed by atoms with Crippen LogP contribution in [0.25, 0.3) is 0 Å². The van der Waals surface area contributed by atoms with Gasteiger partial charge in [-0.15, -0.1) is 6.58 Å². The van der Waals surface area contributed by atoms with E-state index in [0.29, 0.717) is 0 Å². The predicted octanol–water partition coefficient (Wildman–Crippen LogP) is 3.55. The molecule has 1 aromatic rings. The SMILES string of the molecule is C=CCC(N)(c1cccc(OC)c1)C(CC)N(CC)CC. The van der Waals surface area contributed by atoms with Gasteiger partial charge in [-0.2, -0.15) is 0 Å². The number of likely N-dealkylation sites (N-methyl/N-ethyl adjacent to an activating group) is 1. The van der Waals surface area contributed by atoms with Crippen molar-refractivity contribution in [3.8, 4) is 5.75 Å². The molecule has 2 unspecified atom stereocenters. The van der Waals surface area contributed by atoms with Gasteiger partial charge in [0.1, 0.15) is 5.75 Å². The summed E-state index contributed by atoms with van der Waals surface area (Å²) in [6.45, 7) is 12.5. The van der Waals surface area contributed by atoms with Gasteiger partial charge in [0, 0.05) is 6.04 Å². The molecule has 0 saturated heterocycles. The largest absolute Gasteiger partial charge is 0.497 e. The van der Waals surface area contributed by atoms with Gasteiger partial charge in [0.15, 0.2) is 0 Å². The summed E-state index contributed by atoms with van der Waals surface area (Å²) >= 11 is 0. The summed E-state index contributed by atoms with van der Waals surface area (Å²) in [4.78, 5) is 2.43. The molecule has 3 nitrogen and oxygen atoms in total. The molecular formula is C18H30N2O. The van der Waals surface area contributed by atoms with Crippen LogP contribution in [0.1, 0.15) is 39.2 Å². The third-order valence-corrected chi connectivity index (χ3v) is 4.32. The van der Waals surface area contributed by atoms with Crippen molar-refractivity contribution in [3.63, 3.8) is 0 Å². The molecule has 2 N–H and O–H groups in total. The molecule has 1 aromatic carbocycles. The fraction of sp³-hybridized carbons (Fsp3) is 0.556. The second-order valence-corrected chi connectivity index (χ2v) is 5.41. The molecule has 118 valence electrons. The maximum Gasteiger partial charge on any atom is 0.119 e. The van der Waals surface area contributed by atoms with Crippen molar-refractivity contribution in [1.29, 1.82) is 0 Å². The maximum absolute atomic E-state index is 6.89. The lowest BCUT2D eigenvalue weighted by molar-refractivity contribution is 0.125. The van der Waals surface area contributed by atoms with Crippen molar-refractivity contribution in [2.45, 2.75) is 45.2 Å². The number of nitrogens with two attached hydrogens (primary N) is 1. The highest BCUT2D eigenvalue weighted by Crippen LogP contribution is 2.33. The highest BCUT2D eigenvalue weighted by Gasteiger charge is 2.37. The van der Waals surface area contributed by atoms with Gasteiger partial charge in [0.2, 0.25) is 0 Å². The third-order valence-electron chi connectivity index (χ3n) is 4.32. The highest BCUT2D eigenvalue weighted by molar-refractivity contribution is 5.35. The molecule has 21 heavy (non-hydrogen) atoms. The number of hydrogen-bond acceptors (Lipinski definition) is 3. The number of benzene rings is 1. The molecule has 0 spiro atoms. The molecule has 0 bridgehead atoms. The smallest absolute Gasteiger partial charge is 0.119 e. The van der Waals surface area contributed by atoms with Crippen molar-refractivity contribution in [2.75, 3.05) is 20.2 Å². The molecule has 0 aromatic heterocycles. The molecule has 3 heteroatoms. The van der Waals surface area contributed by atoms with Gasteiger partial charge in [-0.25, -0.2) is 0 Å². The summed E-state index contributed by atoms with van der Waals surface area (Å²) in [7, 11) is 1.69. The number of ether oxygens (including phenoxy) is 1. The van der Waals surface area contributed by atoms with Crippen LogP contribution in [0.2, 0.25) is 0 Å². The summed E-state index contributed by atoms with van der Waals surface area (Å²) in [5.41, 5.74) is 7.56. The molecule has 0 saturated carbocycles. The first-order chi connectivity index (χ1) is 10.1. The number of nitrogens with zero attached hydrogens (tertiary/aromatic N) is 1. The van der Waals surface area contributed by atoms with E-state index in [1.165, 1.54) is 0 Å². The average Bonchev–Trinajstić information content (AvgIpc) is 2.52.